The minimum Gasteiger partial charge on any atom is -0.481 e. The lowest BCUT2D eigenvalue weighted by atomic mass is 9.60. The molecule has 0 aliphatic heterocycles. The quantitative estimate of drug-likeness (QED) is 0.655. The molecule has 0 heterocycles. The third-order valence-corrected chi connectivity index (χ3v) is 7.49. The van der Waals surface area contributed by atoms with Crippen molar-refractivity contribution in [3.8, 4) is 0 Å². The van der Waals surface area contributed by atoms with Crippen molar-refractivity contribution in [3.63, 3.8) is 0 Å². The van der Waals surface area contributed by atoms with Gasteiger partial charge in [-0.2, -0.15) is 0 Å². The molecule has 0 aromatic heterocycles. The Kier molecular flexibility index (Phi) is 3.18. The Labute approximate surface area is 145 Å². The first-order valence-electron chi connectivity index (χ1n) is 8.72. The fraction of sp³-hybridized carbons (Fsp3) is 0.632. The van der Waals surface area contributed by atoms with Gasteiger partial charge in [-0.05, 0) is 55.9 Å². The van der Waals surface area contributed by atoms with Gasteiger partial charge < -0.3 is 15.3 Å². The van der Waals surface area contributed by atoms with E-state index in [0.29, 0.717) is 18.4 Å². The number of aliphatic hydroxyl groups is 1. The van der Waals surface area contributed by atoms with Crippen LogP contribution in [-0.2, 0) is 14.4 Å². The molecular weight excluding hydrogens is 324 g/mol. The molecule has 25 heavy (non-hydrogen) atoms. The van der Waals surface area contributed by atoms with Gasteiger partial charge in [0.05, 0.1) is 5.92 Å². The van der Waals surface area contributed by atoms with Crippen molar-refractivity contribution in [3.05, 3.63) is 23.8 Å². The molecule has 6 nitrogen and oxygen atoms in total. The summed E-state index contributed by atoms with van der Waals surface area (Å²) in [5.41, 5.74) is -0.739. The topological polar surface area (TPSA) is 112 Å². The Bertz CT molecular complexity index is 751. The molecule has 2 bridgehead atoms. The third-order valence-electron chi connectivity index (χ3n) is 7.49. The summed E-state index contributed by atoms with van der Waals surface area (Å²) in [5, 5.41) is 30.3. The second-order valence-electron chi connectivity index (χ2n) is 8.43. The van der Waals surface area contributed by atoms with Crippen LogP contribution < -0.4 is 0 Å². The van der Waals surface area contributed by atoms with E-state index in [1.54, 1.807) is 0 Å². The van der Waals surface area contributed by atoms with E-state index in [9.17, 15) is 29.7 Å². The maximum Gasteiger partial charge on any atom is 0.313 e. The Morgan fingerprint density at radius 3 is 2.56 bits per heavy atom. The van der Waals surface area contributed by atoms with Crippen molar-refractivity contribution < 1.29 is 29.7 Å². The molecule has 0 aromatic rings. The van der Waals surface area contributed by atoms with Gasteiger partial charge in [-0.25, -0.2) is 0 Å². The molecule has 6 heteroatoms. The van der Waals surface area contributed by atoms with Gasteiger partial charge in [0.25, 0.3) is 0 Å². The van der Waals surface area contributed by atoms with Gasteiger partial charge in [0.2, 0.25) is 0 Å². The van der Waals surface area contributed by atoms with Crippen molar-refractivity contribution in [1.29, 1.82) is 0 Å². The van der Waals surface area contributed by atoms with E-state index in [2.05, 4.69) is 6.58 Å². The van der Waals surface area contributed by atoms with Crippen LogP contribution in [0.2, 0.25) is 0 Å². The second-order valence-corrected chi connectivity index (χ2v) is 8.43. The average Bonchev–Trinajstić information content (AvgIpc) is 2.95. The largest absolute Gasteiger partial charge is 0.481 e. The van der Waals surface area contributed by atoms with Crippen LogP contribution in [0.4, 0.5) is 0 Å². The van der Waals surface area contributed by atoms with Gasteiger partial charge in [0.1, 0.15) is 11.5 Å². The molecule has 0 radical (unpaired) electrons. The summed E-state index contributed by atoms with van der Waals surface area (Å²) in [6, 6.07) is 0. The predicted molar refractivity (Wildman–Crippen MR) is 86.5 cm³/mol. The van der Waals surface area contributed by atoms with Crippen LogP contribution in [0.1, 0.15) is 32.6 Å². The number of carbonyl (C=O) groups excluding carboxylic acids is 1. The summed E-state index contributed by atoms with van der Waals surface area (Å²) in [5.74, 6) is -4.63. The highest BCUT2D eigenvalue weighted by Crippen LogP contribution is 2.72. The van der Waals surface area contributed by atoms with Crippen LogP contribution in [0.15, 0.2) is 23.8 Å². The number of rotatable bonds is 2. The number of aliphatic hydroxyl groups excluding tert-OH is 1. The lowest BCUT2D eigenvalue weighted by Gasteiger charge is -2.41. The number of ketones is 1. The number of carboxylic acid groups (broad SMARTS) is 2. The van der Waals surface area contributed by atoms with Crippen molar-refractivity contribution in [1.82, 2.24) is 0 Å². The van der Waals surface area contributed by atoms with Gasteiger partial charge in [-0.1, -0.05) is 17.7 Å². The monoisotopic (exact) mass is 346 g/mol. The van der Waals surface area contributed by atoms with Gasteiger partial charge in [0, 0.05) is 5.92 Å². The number of allylic oxidation sites excluding steroid dienone is 2. The zero-order valence-electron chi connectivity index (χ0n) is 14.1. The Balaban J connectivity index is 1.97. The van der Waals surface area contributed by atoms with Gasteiger partial charge >= 0.3 is 11.9 Å². The standard InChI is InChI=1S/C19H22O6/c1-8-6-19-7-9(8)3-4-11(19)10-5-12(20)15(21)18(2,17(24)25)13(10)14(19)16(22)23/h5,9,11,13-15,21H,1,3-4,6-7H2,2H3,(H,22,23)(H,24,25). The van der Waals surface area contributed by atoms with Gasteiger partial charge in [0.15, 0.2) is 5.78 Å². The first-order chi connectivity index (χ1) is 11.6. The van der Waals surface area contributed by atoms with Crippen LogP contribution in [-0.4, -0.2) is 39.1 Å². The number of aliphatic carboxylic acids is 2. The molecular formula is C19H22O6. The molecule has 7 unspecified atom stereocenters. The maximum atomic E-state index is 12.3. The van der Waals surface area contributed by atoms with Crippen molar-refractivity contribution in [2.45, 2.75) is 38.7 Å². The lowest BCUT2D eigenvalue weighted by Crippen LogP contribution is -2.55. The van der Waals surface area contributed by atoms with E-state index in [-0.39, 0.29) is 11.8 Å². The van der Waals surface area contributed by atoms with Gasteiger partial charge in [-0.15, -0.1) is 0 Å². The first kappa shape index (κ1) is 16.5. The minimum absolute atomic E-state index is 0.121. The minimum atomic E-state index is -1.82. The smallest absolute Gasteiger partial charge is 0.313 e. The van der Waals surface area contributed by atoms with E-state index in [1.165, 1.54) is 13.0 Å². The van der Waals surface area contributed by atoms with Crippen LogP contribution >= 0.6 is 0 Å². The second kappa shape index (κ2) is 4.81. The summed E-state index contributed by atoms with van der Waals surface area (Å²) >= 11 is 0. The number of carboxylic acids is 2. The van der Waals surface area contributed by atoms with Gasteiger partial charge in [-0.3, -0.25) is 14.4 Å². The van der Waals surface area contributed by atoms with Crippen molar-refractivity contribution >= 4 is 17.7 Å². The average molecular weight is 346 g/mol. The van der Waals surface area contributed by atoms with E-state index in [0.717, 1.165) is 18.4 Å². The maximum absolute atomic E-state index is 12.3. The zero-order chi connectivity index (χ0) is 18.3. The fourth-order valence-electron chi connectivity index (χ4n) is 6.39. The molecule has 7 atom stereocenters. The molecule has 4 aliphatic rings. The predicted octanol–water partition coefficient (Wildman–Crippen LogP) is 1.64. The van der Waals surface area contributed by atoms with E-state index >= 15 is 0 Å². The number of fused-ring (bicyclic) bond motifs is 3. The highest BCUT2D eigenvalue weighted by Gasteiger charge is 2.71. The highest BCUT2D eigenvalue weighted by atomic mass is 16.4. The molecule has 4 aliphatic carbocycles. The Hall–Kier alpha value is -1.95. The van der Waals surface area contributed by atoms with Crippen LogP contribution in [0.3, 0.4) is 0 Å². The summed E-state index contributed by atoms with van der Waals surface area (Å²) in [6.07, 6.45) is 2.50. The third kappa shape index (κ3) is 1.76. The zero-order valence-corrected chi connectivity index (χ0v) is 14.1. The molecule has 3 N–H and O–H groups in total. The molecule has 3 fully saturated rings. The Morgan fingerprint density at radius 2 is 1.96 bits per heavy atom. The number of hydrogen-bond acceptors (Lipinski definition) is 4. The van der Waals surface area contributed by atoms with Crippen LogP contribution in [0.5, 0.6) is 0 Å². The number of hydrogen-bond donors (Lipinski definition) is 3. The molecule has 0 saturated heterocycles. The molecule has 0 amide bonds. The number of carbonyl (C=O) groups is 3. The molecule has 0 aromatic carbocycles. The molecule has 1 spiro atoms. The SMILES string of the molecule is C=C1CC23CC1CCC2C1=CC(=O)C(O)C(C)(C(=O)O)C1C3C(=O)O. The fourth-order valence-corrected chi connectivity index (χ4v) is 6.39. The van der Waals surface area contributed by atoms with E-state index in [1.807, 2.05) is 0 Å². The first-order valence-corrected chi connectivity index (χ1v) is 8.72. The normalized spacial score (nSPS) is 47.9. The highest BCUT2D eigenvalue weighted by molar-refractivity contribution is 6.01. The summed E-state index contributed by atoms with van der Waals surface area (Å²) in [7, 11) is 0. The molecule has 3 saturated carbocycles. The Morgan fingerprint density at radius 1 is 1.28 bits per heavy atom. The van der Waals surface area contributed by atoms with Crippen LogP contribution in [0, 0.1) is 34.5 Å². The van der Waals surface area contributed by atoms with Crippen LogP contribution in [0.25, 0.3) is 0 Å². The summed E-state index contributed by atoms with van der Waals surface area (Å²) < 4.78 is 0. The van der Waals surface area contributed by atoms with Crippen molar-refractivity contribution in [2.24, 2.45) is 34.5 Å². The summed E-state index contributed by atoms with van der Waals surface area (Å²) in [6.45, 7) is 5.44. The van der Waals surface area contributed by atoms with Crippen molar-refractivity contribution in [2.75, 3.05) is 0 Å². The lowest BCUT2D eigenvalue weighted by molar-refractivity contribution is -0.170. The van der Waals surface area contributed by atoms with E-state index in [4.69, 9.17) is 0 Å². The summed E-state index contributed by atoms with van der Waals surface area (Å²) in [4.78, 5) is 36.7. The molecule has 4 rings (SSSR count). The van der Waals surface area contributed by atoms with E-state index < -0.39 is 46.5 Å². The molecule has 134 valence electrons.